The molecule has 0 spiro atoms. The lowest BCUT2D eigenvalue weighted by Gasteiger charge is -2.25. The molecule has 0 saturated heterocycles. The molecule has 0 radical (unpaired) electrons. The Morgan fingerprint density at radius 2 is 2.10 bits per heavy atom. The molecular formula is C16H23FN2O2. The van der Waals surface area contributed by atoms with Gasteiger partial charge in [-0.05, 0) is 50.5 Å². The Morgan fingerprint density at radius 3 is 2.62 bits per heavy atom. The predicted molar refractivity (Wildman–Crippen MR) is 80.9 cm³/mol. The Hall–Kier alpha value is -1.62. The number of carbonyl (C=O) groups excluding carboxylic acids is 1. The van der Waals surface area contributed by atoms with Gasteiger partial charge in [-0.15, -0.1) is 0 Å². The smallest absolute Gasteiger partial charge is 0.322 e. The van der Waals surface area contributed by atoms with Crippen molar-refractivity contribution in [2.24, 2.45) is 0 Å². The molecule has 1 aliphatic rings. The summed E-state index contributed by atoms with van der Waals surface area (Å²) in [5, 5.41) is 3.32. The molecule has 1 N–H and O–H groups in total. The van der Waals surface area contributed by atoms with E-state index in [1.165, 1.54) is 19.2 Å². The van der Waals surface area contributed by atoms with E-state index >= 15 is 0 Å². The average Bonchev–Trinajstić information content (AvgIpc) is 3.31. The lowest BCUT2D eigenvalue weighted by Crippen LogP contribution is -2.41. The average molecular weight is 294 g/mol. The minimum Gasteiger partial charge on any atom is -0.468 e. The first-order valence-corrected chi connectivity index (χ1v) is 7.48. The number of carbonyl (C=O) groups is 1. The minimum absolute atomic E-state index is 0.211. The third-order valence-corrected chi connectivity index (χ3v) is 3.76. The van der Waals surface area contributed by atoms with Crippen molar-refractivity contribution in [1.82, 2.24) is 5.32 Å². The molecule has 0 heterocycles. The highest BCUT2D eigenvalue weighted by molar-refractivity contribution is 5.75. The van der Waals surface area contributed by atoms with Crippen molar-refractivity contribution in [2.45, 2.75) is 38.3 Å². The van der Waals surface area contributed by atoms with Gasteiger partial charge in [-0.25, -0.2) is 4.39 Å². The number of ether oxygens (including phenoxy) is 1. The first-order valence-electron chi connectivity index (χ1n) is 7.48. The first-order chi connectivity index (χ1) is 10.1. The van der Waals surface area contributed by atoms with Crippen molar-refractivity contribution in [3.63, 3.8) is 0 Å². The molecule has 0 aliphatic heterocycles. The zero-order chi connectivity index (χ0) is 15.2. The Kier molecular flexibility index (Phi) is 5.56. The summed E-state index contributed by atoms with van der Waals surface area (Å²) < 4.78 is 17.8. The van der Waals surface area contributed by atoms with Gasteiger partial charge in [0.25, 0.3) is 0 Å². The second kappa shape index (κ2) is 7.41. The van der Waals surface area contributed by atoms with Crippen LogP contribution in [-0.2, 0) is 9.53 Å². The lowest BCUT2D eigenvalue weighted by atomic mass is 10.1. The molecule has 0 bridgehead atoms. The summed E-state index contributed by atoms with van der Waals surface area (Å²) in [6, 6.07) is 6.63. The van der Waals surface area contributed by atoms with Gasteiger partial charge in [0.2, 0.25) is 0 Å². The van der Waals surface area contributed by atoms with Gasteiger partial charge < -0.3 is 15.0 Å². The quantitative estimate of drug-likeness (QED) is 0.747. The Labute approximate surface area is 125 Å². The molecular weight excluding hydrogens is 271 g/mol. The highest BCUT2D eigenvalue weighted by Crippen LogP contribution is 2.21. The van der Waals surface area contributed by atoms with Crippen LogP contribution < -0.4 is 10.2 Å². The molecule has 1 saturated carbocycles. The van der Waals surface area contributed by atoms with E-state index < -0.39 is 0 Å². The molecule has 2 rings (SSSR count). The van der Waals surface area contributed by atoms with Gasteiger partial charge in [-0.2, -0.15) is 0 Å². The van der Waals surface area contributed by atoms with E-state index in [4.69, 9.17) is 4.74 Å². The van der Waals surface area contributed by atoms with Gasteiger partial charge in [0, 0.05) is 24.8 Å². The maximum atomic E-state index is 13.0. The van der Waals surface area contributed by atoms with Crippen molar-refractivity contribution in [3.8, 4) is 0 Å². The van der Waals surface area contributed by atoms with Crippen LogP contribution in [0.5, 0.6) is 0 Å². The second-order valence-electron chi connectivity index (χ2n) is 5.36. The number of rotatable bonds is 8. The largest absolute Gasteiger partial charge is 0.468 e. The molecule has 1 atom stereocenters. The Morgan fingerprint density at radius 1 is 1.43 bits per heavy atom. The monoisotopic (exact) mass is 294 g/mol. The number of hydrogen-bond acceptors (Lipinski definition) is 4. The molecule has 21 heavy (non-hydrogen) atoms. The molecule has 0 aromatic heterocycles. The molecule has 1 aromatic rings. The molecule has 0 amide bonds. The Bertz CT molecular complexity index is 460. The van der Waals surface area contributed by atoms with Gasteiger partial charge in [0.05, 0.1) is 7.11 Å². The topological polar surface area (TPSA) is 41.6 Å². The summed E-state index contributed by atoms with van der Waals surface area (Å²) in [5.41, 5.74) is 0.967. The van der Waals surface area contributed by atoms with Crippen molar-refractivity contribution < 1.29 is 13.9 Å². The molecule has 1 fully saturated rings. The van der Waals surface area contributed by atoms with Crippen molar-refractivity contribution in [1.29, 1.82) is 0 Å². The molecule has 1 unspecified atom stereocenters. The van der Waals surface area contributed by atoms with Crippen LogP contribution in [0, 0.1) is 5.82 Å². The molecule has 4 nitrogen and oxygen atoms in total. The maximum absolute atomic E-state index is 13.0. The standard InChI is InChI=1S/C16H23FN2O2/c1-3-19(14-8-4-12(17)5-9-14)11-10-15(16(20)21-2)18-13-6-7-13/h4-5,8-9,13,15,18H,3,6-7,10-11H2,1-2H3. The van der Waals surface area contributed by atoms with Crippen LogP contribution in [0.3, 0.4) is 0 Å². The number of benzene rings is 1. The van der Waals surface area contributed by atoms with Gasteiger partial charge in [0.1, 0.15) is 11.9 Å². The van der Waals surface area contributed by atoms with E-state index in [0.717, 1.165) is 31.6 Å². The first kappa shape index (κ1) is 15.8. The van der Waals surface area contributed by atoms with E-state index in [-0.39, 0.29) is 17.8 Å². The van der Waals surface area contributed by atoms with Crippen molar-refractivity contribution in [2.75, 3.05) is 25.1 Å². The number of halogens is 1. The molecule has 1 aliphatic carbocycles. The third kappa shape index (κ3) is 4.70. The van der Waals surface area contributed by atoms with Gasteiger partial charge >= 0.3 is 5.97 Å². The van der Waals surface area contributed by atoms with E-state index in [9.17, 15) is 9.18 Å². The van der Waals surface area contributed by atoms with Crippen molar-refractivity contribution >= 4 is 11.7 Å². The van der Waals surface area contributed by atoms with E-state index in [0.29, 0.717) is 12.5 Å². The zero-order valence-electron chi connectivity index (χ0n) is 12.6. The Balaban J connectivity index is 1.93. The number of nitrogens with one attached hydrogen (secondary N) is 1. The summed E-state index contributed by atoms with van der Waals surface area (Å²) >= 11 is 0. The van der Waals surface area contributed by atoms with Crippen LogP contribution >= 0.6 is 0 Å². The van der Waals surface area contributed by atoms with Crippen LogP contribution in [0.2, 0.25) is 0 Å². The summed E-state index contributed by atoms with van der Waals surface area (Å²) in [6.07, 6.45) is 2.93. The normalized spacial score (nSPS) is 15.6. The highest BCUT2D eigenvalue weighted by atomic mass is 19.1. The number of nitrogens with zero attached hydrogens (tertiary/aromatic N) is 1. The number of methoxy groups -OCH3 is 1. The summed E-state index contributed by atoms with van der Waals surface area (Å²) in [4.78, 5) is 13.9. The van der Waals surface area contributed by atoms with Crippen LogP contribution in [-0.4, -0.2) is 38.3 Å². The second-order valence-corrected chi connectivity index (χ2v) is 5.36. The third-order valence-electron chi connectivity index (χ3n) is 3.76. The van der Waals surface area contributed by atoms with E-state index in [1.54, 1.807) is 12.1 Å². The fourth-order valence-electron chi connectivity index (χ4n) is 2.35. The summed E-state index contributed by atoms with van der Waals surface area (Å²) in [5.74, 6) is -0.449. The van der Waals surface area contributed by atoms with Gasteiger partial charge in [0.15, 0.2) is 0 Å². The van der Waals surface area contributed by atoms with Crippen LogP contribution in [0.25, 0.3) is 0 Å². The van der Waals surface area contributed by atoms with Gasteiger partial charge in [-0.1, -0.05) is 0 Å². The van der Waals surface area contributed by atoms with Crippen LogP contribution in [0.1, 0.15) is 26.2 Å². The molecule has 116 valence electrons. The lowest BCUT2D eigenvalue weighted by molar-refractivity contribution is -0.143. The van der Waals surface area contributed by atoms with Crippen molar-refractivity contribution in [3.05, 3.63) is 30.1 Å². The zero-order valence-corrected chi connectivity index (χ0v) is 12.6. The van der Waals surface area contributed by atoms with Gasteiger partial charge in [-0.3, -0.25) is 4.79 Å². The maximum Gasteiger partial charge on any atom is 0.322 e. The number of esters is 1. The van der Waals surface area contributed by atoms with Crippen LogP contribution in [0.15, 0.2) is 24.3 Å². The van der Waals surface area contributed by atoms with Crippen LogP contribution in [0.4, 0.5) is 10.1 Å². The minimum atomic E-state index is -0.267. The fourth-order valence-corrected chi connectivity index (χ4v) is 2.35. The summed E-state index contributed by atoms with van der Waals surface area (Å²) in [7, 11) is 1.42. The predicted octanol–water partition coefficient (Wildman–Crippen LogP) is 2.34. The molecule has 1 aromatic carbocycles. The number of hydrogen-bond donors (Lipinski definition) is 1. The van der Waals surface area contributed by atoms with E-state index in [2.05, 4.69) is 10.2 Å². The number of anilines is 1. The SMILES string of the molecule is CCN(CCC(NC1CC1)C(=O)OC)c1ccc(F)cc1. The summed E-state index contributed by atoms with van der Waals surface area (Å²) in [6.45, 7) is 3.58. The van der Waals surface area contributed by atoms with E-state index in [1.807, 2.05) is 6.92 Å². The fraction of sp³-hybridized carbons (Fsp3) is 0.562. The molecule has 5 heteroatoms. The highest BCUT2D eigenvalue weighted by Gasteiger charge is 2.29.